The van der Waals surface area contributed by atoms with Crippen molar-refractivity contribution in [2.24, 2.45) is 0 Å². The fraction of sp³-hybridized carbons (Fsp3) is 0.143. The van der Waals surface area contributed by atoms with Gasteiger partial charge in [0.25, 0.3) is 5.91 Å². The number of carbonyl (C=O) groups is 1. The molecule has 8 heteroatoms. The zero-order valence-electron chi connectivity index (χ0n) is 15.5. The van der Waals surface area contributed by atoms with Crippen LogP contribution in [0.5, 0.6) is 11.5 Å². The lowest BCUT2D eigenvalue weighted by Crippen LogP contribution is -2.27. The maximum atomic E-state index is 12.5. The molecule has 0 radical (unpaired) electrons. The van der Waals surface area contributed by atoms with E-state index in [0.717, 1.165) is 5.56 Å². The summed E-state index contributed by atoms with van der Waals surface area (Å²) in [7, 11) is 1.54. The number of ether oxygens (including phenoxy) is 2. The number of amides is 1. The predicted molar refractivity (Wildman–Crippen MR) is 124 cm³/mol. The number of thioether (sulfide) groups is 1. The normalized spacial score (nSPS) is 15.1. The van der Waals surface area contributed by atoms with Gasteiger partial charge in [-0.15, -0.1) is 6.58 Å². The summed E-state index contributed by atoms with van der Waals surface area (Å²) in [6, 6.07) is 10.8. The highest BCUT2D eigenvalue weighted by atomic mass is 35.5. The van der Waals surface area contributed by atoms with Gasteiger partial charge in [-0.3, -0.25) is 9.69 Å². The van der Waals surface area contributed by atoms with Crippen molar-refractivity contribution < 1.29 is 14.3 Å². The lowest BCUT2D eigenvalue weighted by Gasteiger charge is -2.14. The molecule has 4 nitrogen and oxygen atoms in total. The maximum Gasteiger partial charge on any atom is 0.266 e. The molecule has 1 amide bonds. The van der Waals surface area contributed by atoms with Gasteiger partial charge < -0.3 is 9.47 Å². The molecule has 1 saturated heterocycles. The van der Waals surface area contributed by atoms with Gasteiger partial charge in [0.1, 0.15) is 10.9 Å². The molecule has 0 N–H and O–H groups in total. The Kier molecular flexibility index (Phi) is 7.24. The van der Waals surface area contributed by atoms with E-state index in [-0.39, 0.29) is 5.91 Å². The third-order valence-electron chi connectivity index (χ3n) is 4.03. The third kappa shape index (κ3) is 5.14. The van der Waals surface area contributed by atoms with Gasteiger partial charge in [0.2, 0.25) is 0 Å². The van der Waals surface area contributed by atoms with Crippen molar-refractivity contribution in [2.75, 3.05) is 13.7 Å². The van der Waals surface area contributed by atoms with Crippen molar-refractivity contribution in [3.05, 3.63) is 75.1 Å². The standard InChI is InChI=1S/C21H17Cl2NO3S2/c1-3-8-24-20(25)18(29-21(24)28)11-14-9-16(23)19(17(10-14)26-2)27-12-13-4-6-15(22)7-5-13/h3-7,9-11H,1,8,12H2,2H3/b18-11-. The Balaban J connectivity index is 1.83. The van der Waals surface area contributed by atoms with Crippen molar-refractivity contribution >= 4 is 63.5 Å². The SMILES string of the molecule is C=CCN1C(=O)/C(=C/c2cc(Cl)c(OCc3ccc(Cl)cc3)c(OC)c2)SC1=S. The van der Waals surface area contributed by atoms with Crippen molar-refractivity contribution in [2.45, 2.75) is 6.61 Å². The van der Waals surface area contributed by atoms with Crippen LogP contribution in [0.15, 0.2) is 54.0 Å². The van der Waals surface area contributed by atoms with Crippen LogP contribution in [-0.4, -0.2) is 28.8 Å². The summed E-state index contributed by atoms with van der Waals surface area (Å²) in [5.41, 5.74) is 1.66. The van der Waals surface area contributed by atoms with Crippen LogP contribution in [0, 0.1) is 0 Å². The van der Waals surface area contributed by atoms with Crippen molar-refractivity contribution in [3.8, 4) is 11.5 Å². The molecule has 0 bridgehead atoms. The predicted octanol–water partition coefficient (Wildman–Crippen LogP) is 5.97. The quantitative estimate of drug-likeness (QED) is 0.286. The highest BCUT2D eigenvalue weighted by molar-refractivity contribution is 8.26. The molecule has 2 aromatic carbocycles. The van der Waals surface area contributed by atoms with Crippen LogP contribution in [-0.2, 0) is 11.4 Å². The molecule has 1 fully saturated rings. The Hall–Kier alpha value is -1.99. The molecule has 0 spiro atoms. The number of rotatable bonds is 7. The number of methoxy groups -OCH3 is 1. The van der Waals surface area contributed by atoms with Gasteiger partial charge >= 0.3 is 0 Å². The van der Waals surface area contributed by atoms with E-state index in [4.69, 9.17) is 44.9 Å². The molecule has 1 heterocycles. The molecule has 150 valence electrons. The van der Waals surface area contributed by atoms with Gasteiger partial charge in [0, 0.05) is 11.6 Å². The summed E-state index contributed by atoms with van der Waals surface area (Å²) in [5, 5.41) is 1.04. The minimum Gasteiger partial charge on any atom is -0.493 e. The fourth-order valence-electron chi connectivity index (χ4n) is 2.64. The summed E-state index contributed by atoms with van der Waals surface area (Å²) in [5.74, 6) is 0.748. The van der Waals surface area contributed by atoms with E-state index < -0.39 is 0 Å². The van der Waals surface area contributed by atoms with E-state index >= 15 is 0 Å². The Morgan fingerprint density at radius 1 is 1.24 bits per heavy atom. The maximum absolute atomic E-state index is 12.5. The van der Waals surface area contributed by atoms with Crippen molar-refractivity contribution in [1.29, 1.82) is 0 Å². The van der Waals surface area contributed by atoms with E-state index in [1.165, 1.54) is 23.8 Å². The molecule has 0 saturated carbocycles. The molecule has 3 rings (SSSR count). The Bertz CT molecular complexity index is 990. The van der Waals surface area contributed by atoms with Gasteiger partial charge in [-0.05, 0) is 41.5 Å². The molecule has 29 heavy (non-hydrogen) atoms. The number of hydrogen-bond acceptors (Lipinski definition) is 5. The summed E-state index contributed by atoms with van der Waals surface area (Å²) >= 11 is 18.8. The molecular weight excluding hydrogens is 449 g/mol. The molecule has 1 aliphatic heterocycles. The second-order valence-corrected chi connectivity index (χ2v) is 8.55. The zero-order chi connectivity index (χ0) is 21.0. The lowest BCUT2D eigenvalue weighted by atomic mass is 10.1. The first kappa shape index (κ1) is 21.7. The van der Waals surface area contributed by atoms with Gasteiger partial charge in [0.05, 0.1) is 17.0 Å². The molecule has 2 aromatic rings. The number of hydrogen-bond donors (Lipinski definition) is 0. The Labute approximate surface area is 189 Å². The van der Waals surface area contributed by atoms with Gasteiger partial charge in [0.15, 0.2) is 11.5 Å². The zero-order valence-corrected chi connectivity index (χ0v) is 18.6. The van der Waals surface area contributed by atoms with Crippen LogP contribution in [0.4, 0.5) is 0 Å². The topological polar surface area (TPSA) is 38.8 Å². The van der Waals surface area contributed by atoms with Crippen LogP contribution in [0.2, 0.25) is 10.0 Å². The second-order valence-electron chi connectivity index (χ2n) is 6.03. The van der Waals surface area contributed by atoms with Gasteiger partial charge in [-0.1, -0.05) is 65.4 Å². The lowest BCUT2D eigenvalue weighted by molar-refractivity contribution is -0.121. The molecule has 0 aromatic heterocycles. The number of carbonyl (C=O) groups excluding carboxylic acids is 1. The van der Waals surface area contributed by atoms with Crippen LogP contribution < -0.4 is 9.47 Å². The molecule has 1 aliphatic rings. The number of benzene rings is 2. The Morgan fingerprint density at radius 3 is 2.62 bits per heavy atom. The van der Waals surface area contributed by atoms with Crippen LogP contribution in [0.1, 0.15) is 11.1 Å². The molecule has 0 aliphatic carbocycles. The Morgan fingerprint density at radius 2 is 1.97 bits per heavy atom. The first-order chi connectivity index (χ1) is 13.9. The first-order valence-corrected chi connectivity index (χ1v) is 10.5. The number of halogens is 2. The minimum atomic E-state index is -0.155. The minimum absolute atomic E-state index is 0.155. The average Bonchev–Trinajstić information content (AvgIpc) is 2.96. The first-order valence-electron chi connectivity index (χ1n) is 8.54. The number of thiocarbonyl (C=S) groups is 1. The van der Waals surface area contributed by atoms with Crippen LogP contribution in [0.3, 0.4) is 0 Å². The van der Waals surface area contributed by atoms with Gasteiger partial charge in [-0.25, -0.2) is 0 Å². The summed E-state index contributed by atoms with van der Waals surface area (Å²) in [6.45, 7) is 4.34. The highest BCUT2D eigenvalue weighted by Crippen LogP contribution is 2.39. The van der Waals surface area contributed by atoms with Crippen molar-refractivity contribution in [1.82, 2.24) is 4.90 Å². The molecule has 0 atom stereocenters. The van der Waals surface area contributed by atoms with E-state index in [2.05, 4.69) is 6.58 Å². The van der Waals surface area contributed by atoms with E-state index in [0.29, 0.717) is 49.5 Å². The monoisotopic (exact) mass is 465 g/mol. The van der Waals surface area contributed by atoms with Crippen LogP contribution in [0.25, 0.3) is 6.08 Å². The fourth-order valence-corrected chi connectivity index (χ4v) is 4.31. The summed E-state index contributed by atoms with van der Waals surface area (Å²) in [6.07, 6.45) is 3.38. The van der Waals surface area contributed by atoms with Crippen LogP contribution >= 0.6 is 47.2 Å². The second kappa shape index (κ2) is 9.67. The average molecular weight is 466 g/mol. The smallest absolute Gasteiger partial charge is 0.266 e. The summed E-state index contributed by atoms with van der Waals surface area (Å²) in [4.78, 5) is 14.5. The largest absolute Gasteiger partial charge is 0.493 e. The van der Waals surface area contributed by atoms with E-state index in [1.54, 1.807) is 36.4 Å². The molecule has 0 unspecified atom stereocenters. The van der Waals surface area contributed by atoms with E-state index in [9.17, 15) is 4.79 Å². The third-order valence-corrected chi connectivity index (χ3v) is 5.94. The van der Waals surface area contributed by atoms with Crippen molar-refractivity contribution in [3.63, 3.8) is 0 Å². The molecular formula is C21H17Cl2NO3S2. The number of nitrogens with zero attached hydrogens (tertiary/aromatic N) is 1. The van der Waals surface area contributed by atoms with Gasteiger partial charge in [-0.2, -0.15) is 0 Å². The van der Waals surface area contributed by atoms with E-state index in [1.807, 2.05) is 12.1 Å². The summed E-state index contributed by atoms with van der Waals surface area (Å²) < 4.78 is 11.8. The highest BCUT2D eigenvalue weighted by Gasteiger charge is 2.31.